The van der Waals surface area contributed by atoms with Gasteiger partial charge in [-0.1, -0.05) is 51.1 Å². The standard InChI is InChI=1S/C23H26N4O2/c1-23(2,3)22(29)26-20-6-4-5-19(13-20)21(28)25-14-17-7-9-18(10-8-17)15-27-12-11-24-16-27/h4-13,16H,14-15H2,1-3H3,(H,25,28)(H,26,29). The van der Waals surface area contributed by atoms with Crippen molar-refractivity contribution in [2.75, 3.05) is 5.32 Å². The Hall–Kier alpha value is -3.41. The largest absolute Gasteiger partial charge is 0.348 e. The molecule has 3 rings (SSSR count). The first-order chi connectivity index (χ1) is 13.8. The van der Waals surface area contributed by atoms with Crippen molar-refractivity contribution in [1.82, 2.24) is 14.9 Å². The molecule has 2 aromatic carbocycles. The van der Waals surface area contributed by atoms with Crippen LogP contribution in [0.1, 0.15) is 42.3 Å². The van der Waals surface area contributed by atoms with Crippen LogP contribution in [0.15, 0.2) is 67.3 Å². The van der Waals surface area contributed by atoms with Crippen LogP contribution >= 0.6 is 0 Å². The molecule has 29 heavy (non-hydrogen) atoms. The summed E-state index contributed by atoms with van der Waals surface area (Å²) < 4.78 is 2.00. The molecule has 3 aromatic rings. The Morgan fingerprint density at radius 1 is 1.03 bits per heavy atom. The molecule has 0 saturated heterocycles. The average Bonchev–Trinajstić information content (AvgIpc) is 3.20. The van der Waals surface area contributed by atoms with Gasteiger partial charge in [-0.15, -0.1) is 0 Å². The number of hydrogen-bond donors (Lipinski definition) is 2. The number of anilines is 1. The number of carbonyl (C=O) groups excluding carboxylic acids is 2. The predicted octanol–water partition coefficient (Wildman–Crippen LogP) is 3.85. The summed E-state index contributed by atoms with van der Waals surface area (Å²) >= 11 is 0. The number of rotatable bonds is 6. The summed E-state index contributed by atoms with van der Waals surface area (Å²) in [5, 5.41) is 5.77. The minimum absolute atomic E-state index is 0.0918. The lowest BCUT2D eigenvalue weighted by atomic mass is 9.95. The number of benzene rings is 2. The van der Waals surface area contributed by atoms with E-state index >= 15 is 0 Å². The molecule has 0 atom stereocenters. The van der Waals surface area contributed by atoms with Gasteiger partial charge in [0, 0.05) is 42.1 Å². The maximum Gasteiger partial charge on any atom is 0.251 e. The maximum absolute atomic E-state index is 12.5. The summed E-state index contributed by atoms with van der Waals surface area (Å²) in [7, 11) is 0. The molecule has 2 amide bonds. The van der Waals surface area contributed by atoms with Crippen LogP contribution in [0.5, 0.6) is 0 Å². The van der Waals surface area contributed by atoms with Gasteiger partial charge in [0.2, 0.25) is 5.91 Å². The highest BCUT2D eigenvalue weighted by Crippen LogP contribution is 2.18. The third-order valence-electron chi connectivity index (χ3n) is 4.46. The van der Waals surface area contributed by atoms with Gasteiger partial charge in [-0.3, -0.25) is 9.59 Å². The Morgan fingerprint density at radius 2 is 1.76 bits per heavy atom. The topological polar surface area (TPSA) is 76.0 Å². The summed E-state index contributed by atoms with van der Waals surface area (Å²) in [5.74, 6) is -0.273. The molecule has 0 aliphatic heterocycles. The minimum atomic E-state index is -0.498. The lowest BCUT2D eigenvalue weighted by Gasteiger charge is -2.18. The Balaban J connectivity index is 1.56. The van der Waals surface area contributed by atoms with Gasteiger partial charge >= 0.3 is 0 Å². The zero-order valence-corrected chi connectivity index (χ0v) is 17.0. The van der Waals surface area contributed by atoms with Crippen molar-refractivity contribution < 1.29 is 9.59 Å². The third kappa shape index (κ3) is 5.78. The van der Waals surface area contributed by atoms with Crippen LogP contribution in [0.3, 0.4) is 0 Å². The fourth-order valence-corrected chi connectivity index (χ4v) is 2.69. The van der Waals surface area contributed by atoms with Gasteiger partial charge in [0.05, 0.1) is 6.33 Å². The number of aromatic nitrogens is 2. The summed E-state index contributed by atoms with van der Waals surface area (Å²) in [5.41, 5.74) is 2.81. The molecule has 0 unspecified atom stereocenters. The molecule has 0 spiro atoms. The predicted molar refractivity (Wildman–Crippen MR) is 113 cm³/mol. The average molecular weight is 390 g/mol. The lowest BCUT2D eigenvalue weighted by molar-refractivity contribution is -0.123. The summed E-state index contributed by atoms with van der Waals surface area (Å²) in [4.78, 5) is 28.7. The minimum Gasteiger partial charge on any atom is -0.348 e. The molecule has 6 heteroatoms. The van der Waals surface area contributed by atoms with Gasteiger partial charge in [-0.05, 0) is 29.3 Å². The SMILES string of the molecule is CC(C)(C)C(=O)Nc1cccc(C(=O)NCc2ccc(Cn3ccnc3)cc2)c1. The first kappa shape index (κ1) is 20.3. The number of amides is 2. The van der Waals surface area contributed by atoms with Crippen molar-refractivity contribution in [3.05, 3.63) is 83.9 Å². The van der Waals surface area contributed by atoms with Gasteiger partial charge in [0.1, 0.15) is 0 Å². The van der Waals surface area contributed by atoms with Crippen molar-refractivity contribution >= 4 is 17.5 Å². The molecular weight excluding hydrogens is 364 g/mol. The third-order valence-corrected chi connectivity index (χ3v) is 4.46. The fraction of sp³-hybridized carbons (Fsp3) is 0.261. The van der Waals surface area contributed by atoms with Gasteiger partial charge in [-0.2, -0.15) is 0 Å². The molecule has 0 saturated carbocycles. The zero-order valence-electron chi connectivity index (χ0n) is 17.0. The van der Waals surface area contributed by atoms with Crippen molar-refractivity contribution in [2.45, 2.75) is 33.9 Å². The zero-order chi connectivity index (χ0) is 20.9. The molecule has 2 N–H and O–H groups in total. The van der Waals surface area contributed by atoms with Gasteiger partial charge in [-0.25, -0.2) is 4.98 Å². The van der Waals surface area contributed by atoms with E-state index in [-0.39, 0.29) is 11.8 Å². The molecular formula is C23H26N4O2. The molecule has 1 heterocycles. The number of imidazole rings is 1. The molecule has 0 bridgehead atoms. The molecule has 1 aromatic heterocycles. The first-order valence-electron chi connectivity index (χ1n) is 9.54. The van der Waals surface area contributed by atoms with Crippen molar-refractivity contribution in [3.8, 4) is 0 Å². The number of carbonyl (C=O) groups is 2. The van der Waals surface area contributed by atoms with Crippen LogP contribution in [0.4, 0.5) is 5.69 Å². The van der Waals surface area contributed by atoms with Crippen molar-refractivity contribution in [2.24, 2.45) is 5.41 Å². The van der Waals surface area contributed by atoms with E-state index in [1.165, 1.54) is 5.56 Å². The van der Waals surface area contributed by atoms with Crippen LogP contribution < -0.4 is 10.6 Å². The van der Waals surface area contributed by atoms with E-state index in [0.717, 1.165) is 12.1 Å². The summed E-state index contributed by atoms with van der Waals surface area (Å²) in [6.07, 6.45) is 5.46. The Bertz CT molecular complexity index is 971. The summed E-state index contributed by atoms with van der Waals surface area (Å²) in [6.45, 7) is 6.74. The summed E-state index contributed by atoms with van der Waals surface area (Å²) in [6, 6.07) is 15.1. The van der Waals surface area contributed by atoms with E-state index in [9.17, 15) is 9.59 Å². The molecule has 6 nitrogen and oxygen atoms in total. The van der Waals surface area contributed by atoms with E-state index in [4.69, 9.17) is 0 Å². The lowest BCUT2D eigenvalue weighted by Crippen LogP contribution is -2.28. The maximum atomic E-state index is 12.5. The Kier molecular flexibility index (Phi) is 6.12. The normalized spacial score (nSPS) is 11.1. The van der Waals surface area contributed by atoms with E-state index in [0.29, 0.717) is 17.8 Å². The monoisotopic (exact) mass is 390 g/mol. The molecule has 0 aliphatic carbocycles. The Labute approximate surface area is 171 Å². The van der Waals surface area contributed by atoms with E-state index in [1.807, 2.05) is 55.8 Å². The molecule has 0 radical (unpaired) electrons. The van der Waals surface area contributed by atoms with E-state index in [2.05, 4.69) is 15.6 Å². The fourth-order valence-electron chi connectivity index (χ4n) is 2.69. The molecule has 0 aliphatic rings. The second-order valence-electron chi connectivity index (χ2n) is 8.02. The van der Waals surface area contributed by atoms with Gasteiger partial charge < -0.3 is 15.2 Å². The van der Waals surface area contributed by atoms with Gasteiger partial charge in [0.25, 0.3) is 5.91 Å². The van der Waals surface area contributed by atoms with E-state index in [1.54, 1.807) is 36.8 Å². The highest BCUT2D eigenvalue weighted by atomic mass is 16.2. The Morgan fingerprint density at radius 3 is 2.41 bits per heavy atom. The highest BCUT2D eigenvalue weighted by Gasteiger charge is 2.21. The van der Waals surface area contributed by atoms with Crippen molar-refractivity contribution in [3.63, 3.8) is 0 Å². The second kappa shape index (κ2) is 8.73. The quantitative estimate of drug-likeness (QED) is 0.671. The number of nitrogens with zero attached hydrogens (tertiary/aromatic N) is 2. The molecule has 150 valence electrons. The first-order valence-corrected chi connectivity index (χ1v) is 9.54. The second-order valence-corrected chi connectivity index (χ2v) is 8.02. The van der Waals surface area contributed by atoms with E-state index < -0.39 is 5.41 Å². The number of hydrogen-bond acceptors (Lipinski definition) is 3. The molecule has 0 fully saturated rings. The van der Waals surface area contributed by atoms with Crippen LogP contribution in [-0.2, 0) is 17.9 Å². The highest BCUT2D eigenvalue weighted by molar-refractivity contribution is 5.98. The smallest absolute Gasteiger partial charge is 0.251 e. The van der Waals surface area contributed by atoms with Crippen LogP contribution in [0.25, 0.3) is 0 Å². The van der Waals surface area contributed by atoms with Crippen LogP contribution in [-0.4, -0.2) is 21.4 Å². The van der Waals surface area contributed by atoms with Crippen LogP contribution in [0, 0.1) is 5.41 Å². The van der Waals surface area contributed by atoms with Gasteiger partial charge in [0.15, 0.2) is 0 Å². The van der Waals surface area contributed by atoms with Crippen molar-refractivity contribution in [1.29, 1.82) is 0 Å². The van der Waals surface area contributed by atoms with Crippen LogP contribution in [0.2, 0.25) is 0 Å². The number of nitrogens with one attached hydrogen (secondary N) is 2.